The van der Waals surface area contributed by atoms with Crippen LogP contribution in [0.4, 0.5) is 5.82 Å². The number of nitriles is 1. The van der Waals surface area contributed by atoms with E-state index < -0.39 is 0 Å². The molecule has 0 fully saturated rings. The zero-order valence-electron chi connectivity index (χ0n) is 12.0. The number of halogens is 1. The highest BCUT2D eigenvalue weighted by atomic mass is 35.5. The normalized spacial score (nSPS) is 10.2. The number of hydrogen-bond acceptors (Lipinski definition) is 5. The number of anilines is 1. The van der Waals surface area contributed by atoms with Gasteiger partial charge in [0.05, 0.1) is 23.9 Å². The Balaban J connectivity index is 2.32. The molecule has 2 aromatic heterocycles. The van der Waals surface area contributed by atoms with Crippen LogP contribution >= 0.6 is 11.6 Å². The lowest BCUT2D eigenvalue weighted by atomic mass is 10.2. The number of hydrogen-bond donors (Lipinski definition) is 0. The highest BCUT2D eigenvalue weighted by molar-refractivity contribution is 6.31. The zero-order valence-corrected chi connectivity index (χ0v) is 12.8. The summed E-state index contributed by atoms with van der Waals surface area (Å²) in [4.78, 5) is 14.9. The number of aromatic nitrogens is 3. The maximum atomic E-state index is 8.84. The summed E-state index contributed by atoms with van der Waals surface area (Å²) in [6.07, 6.45) is 3.92. The second-order valence-corrected chi connectivity index (χ2v) is 5.06. The average molecular weight is 302 g/mol. The van der Waals surface area contributed by atoms with Crippen molar-refractivity contribution in [3.8, 4) is 6.07 Å². The highest BCUT2D eigenvalue weighted by Gasteiger charge is 2.15. The van der Waals surface area contributed by atoms with E-state index in [0.29, 0.717) is 30.5 Å². The molecular weight excluding hydrogens is 286 g/mol. The van der Waals surface area contributed by atoms with Crippen LogP contribution in [0.5, 0.6) is 0 Å². The molecule has 6 heteroatoms. The van der Waals surface area contributed by atoms with Crippen LogP contribution in [0, 0.1) is 25.2 Å². The van der Waals surface area contributed by atoms with Crippen molar-refractivity contribution in [2.45, 2.75) is 26.8 Å². The van der Waals surface area contributed by atoms with Gasteiger partial charge in [-0.2, -0.15) is 5.26 Å². The van der Waals surface area contributed by atoms with Gasteiger partial charge in [0.25, 0.3) is 0 Å². The summed E-state index contributed by atoms with van der Waals surface area (Å²) in [7, 11) is 0. The molecule has 2 aromatic rings. The first-order chi connectivity index (χ1) is 10.1. The number of aryl methyl sites for hydroxylation is 2. The van der Waals surface area contributed by atoms with E-state index in [1.165, 1.54) is 0 Å². The first-order valence-corrected chi connectivity index (χ1v) is 7.01. The first kappa shape index (κ1) is 15.2. The molecule has 0 saturated heterocycles. The summed E-state index contributed by atoms with van der Waals surface area (Å²) in [6.45, 7) is 4.90. The lowest BCUT2D eigenvalue weighted by molar-refractivity contribution is 0.772. The minimum absolute atomic E-state index is 0.361. The van der Waals surface area contributed by atoms with Gasteiger partial charge in [-0.1, -0.05) is 17.7 Å². The van der Waals surface area contributed by atoms with E-state index in [1.807, 2.05) is 30.9 Å². The van der Waals surface area contributed by atoms with Crippen molar-refractivity contribution in [1.82, 2.24) is 15.0 Å². The lowest BCUT2D eigenvalue weighted by Crippen LogP contribution is -2.26. The SMILES string of the molecule is Cc1nc(Cl)c(N(CCC#N)Cc2cccnc2)nc1C. The highest BCUT2D eigenvalue weighted by Crippen LogP contribution is 2.24. The fourth-order valence-corrected chi connectivity index (χ4v) is 2.21. The number of nitrogens with zero attached hydrogens (tertiary/aromatic N) is 5. The van der Waals surface area contributed by atoms with Gasteiger partial charge in [-0.05, 0) is 25.5 Å². The summed E-state index contributed by atoms with van der Waals surface area (Å²) in [5.41, 5.74) is 2.68. The van der Waals surface area contributed by atoms with Crippen LogP contribution < -0.4 is 4.90 Å². The second kappa shape index (κ2) is 7.00. The fourth-order valence-electron chi connectivity index (χ4n) is 1.92. The predicted molar refractivity (Wildman–Crippen MR) is 82.0 cm³/mol. The van der Waals surface area contributed by atoms with E-state index in [-0.39, 0.29) is 0 Å². The predicted octanol–water partition coefficient (Wildman–Crippen LogP) is 3.06. The van der Waals surface area contributed by atoms with Crippen molar-refractivity contribution in [2.24, 2.45) is 0 Å². The third-order valence-corrected chi connectivity index (χ3v) is 3.39. The van der Waals surface area contributed by atoms with E-state index >= 15 is 0 Å². The molecule has 0 aliphatic heterocycles. The van der Waals surface area contributed by atoms with Gasteiger partial charge in [0.15, 0.2) is 11.0 Å². The summed E-state index contributed by atoms with van der Waals surface area (Å²) >= 11 is 6.23. The molecule has 0 atom stereocenters. The Morgan fingerprint density at radius 1 is 1.29 bits per heavy atom. The van der Waals surface area contributed by atoms with Crippen LogP contribution in [0.3, 0.4) is 0 Å². The zero-order chi connectivity index (χ0) is 15.2. The van der Waals surface area contributed by atoms with Crippen molar-refractivity contribution < 1.29 is 0 Å². The van der Waals surface area contributed by atoms with Gasteiger partial charge in [-0.3, -0.25) is 4.98 Å². The quantitative estimate of drug-likeness (QED) is 0.849. The van der Waals surface area contributed by atoms with Crippen molar-refractivity contribution in [2.75, 3.05) is 11.4 Å². The van der Waals surface area contributed by atoms with Crippen LogP contribution in [0.1, 0.15) is 23.4 Å². The third-order valence-electron chi connectivity index (χ3n) is 3.14. The molecule has 0 amide bonds. The van der Waals surface area contributed by atoms with Gasteiger partial charge in [0.1, 0.15) is 0 Å². The van der Waals surface area contributed by atoms with Crippen LogP contribution in [-0.2, 0) is 6.54 Å². The maximum absolute atomic E-state index is 8.84. The van der Waals surface area contributed by atoms with Crippen molar-refractivity contribution in [1.29, 1.82) is 5.26 Å². The van der Waals surface area contributed by atoms with Crippen LogP contribution in [-0.4, -0.2) is 21.5 Å². The smallest absolute Gasteiger partial charge is 0.171 e. The summed E-state index contributed by atoms with van der Waals surface area (Å²) < 4.78 is 0. The van der Waals surface area contributed by atoms with Crippen LogP contribution in [0.2, 0.25) is 5.15 Å². The molecule has 0 aliphatic carbocycles. The molecule has 108 valence electrons. The molecule has 0 radical (unpaired) electrons. The van der Waals surface area contributed by atoms with E-state index in [9.17, 15) is 0 Å². The first-order valence-electron chi connectivity index (χ1n) is 6.63. The van der Waals surface area contributed by atoms with E-state index in [1.54, 1.807) is 12.4 Å². The van der Waals surface area contributed by atoms with Crippen molar-refractivity contribution in [3.63, 3.8) is 0 Å². The minimum Gasteiger partial charge on any atom is -0.349 e. The van der Waals surface area contributed by atoms with Gasteiger partial charge in [-0.15, -0.1) is 0 Å². The monoisotopic (exact) mass is 301 g/mol. The Labute approximate surface area is 129 Å². The van der Waals surface area contributed by atoms with Crippen molar-refractivity contribution >= 4 is 17.4 Å². The van der Waals surface area contributed by atoms with Crippen LogP contribution in [0.15, 0.2) is 24.5 Å². The van der Waals surface area contributed by atoms with Gasteiger partial charge in [0, 0.05) is 25.5 Å². The number of pyridine rings is 1. The molecule has 0 N–H and O–H groups in total. The molecule has 5 nitrogen and oxygen atoms in total. The summed E-state index contributed by atoms with van der Waals surface area (Å²) in [5.74, 6) is 0.610. The second-order valence-electron chi connectivity index (χ2n) is 4.70. The van der Waals surface area contributed by atoms with E-state index in [2.05, 4.69) is 21.0 Å². The summed E-state index contributed by atoms with van der Waals surface area (Å²) in [5, 5.41) is 9.20. The Kier molecular flexibility index (Phi) is 5.07. The molecule has 0 spiro atoms. The fraction of sp³-hybridized carbons (Fsp3) is 0.333. The molecule has 0 saturated carbocycles. The Morgan fingerprint density at radius 2 is 2.05 bits per heavy atom. The molecule has 2 rings (SSSR count). The Hall–Kier alpha value is -2.19. The maximum Gasteiger partial charge on any atom is 0.171 e. The molecule has 2 heterocycles. The molecule has 0 unspecified atom stereocenters. The van der Waals surface area contributed by atoms with Gasteiger partial charge in [-0.25, -0.2) is 9.97 Å². The van der Waals surface area contributed by atoms with Gasteiger partial charge >= 0.3 is 0 Å². The lowest BCUT2D eigenvalue weighted by Gasteiger charge is -2.23. The van der Waals surface area contributed by atoms with Crippen LogP contribution in [0.25, 0.3) is 0 Å². The molecule has 0 aromatic carbocycles. The largest absolute Gasteiger partial charge is 0.349 e. The molecule has 0 aliphatic rings. The molecule has 0 bridgehead atoms. The van der Waals surface area contributed by atoms with Crippen molar-refractivity contribution in [3.05, 3.63) is 46.6 Å². The topological polar surface area (TPSA) is 65.7 Å². The average Bonchev–Trinajstić information content (AvgIpc) is 2.48. The van der Waals surface area contributed by atoms with Gasteiger partial charge in [0.2, 0.25) is 0 Å². The summed E-state index contributed by atoms with van der Waals surface area (Å²) in [6, 6.07) is 6.01. The molecular formula is C15H16ClN5. The minimum atomic E-state index is 0.361. The Morgan fingerprint density at radius 3 is 2.71 bits per heavy atom. The Bertz CT molecular complexity index is 651. The van der Waals surface area contributed by atoms with E-state index in [4.69, 9.17) is 16.9 Å². The molecule has 21 heavy (non-hydrogen) atoms. The standard InChI is InChI=1S/C15H16ClN5/c1-11-12(2)20-15(14(16)19-11)21(8-4-6-17)10-13-5-3-7-18-9-13/h3,5,7,9H,4,8,10H2,1-2H3. The third kappa shape index (κ3) is 3.89. The van der Waals surface area contributed by atoms with E-state index in [0.717, 1.165) is 17.0 Å². The number of rotatable bonds is 5. The van der Waals surface area contributed by atoms with Gasteiger partial charge < -0.3 is 4.90 Å².